The van der Waals surface area contributed by atoms with Crippen molar-refractivity contribution in [2.45, 2.75) is 0 Å². The first-order chi connectivity index (χ1) is 12.1. The van der Waals surface area contributed by atoms with Gasteiger partial charge in [-0.2, -0.15) is 5.26 Å². The van der Waals surface area contributed by atoms with Gasteiger partial charge in [0.2, 0.25) is 0 Å². The van der Waals surface area contributed by atoms with Crippen molar-refractivity contribution < 1.29 is 4.39 Å². The van der Waals surface area contributed by atoms with Crippen LogP contribution in [0.25, 0.3) is 27.6 Å². The number of halogens is 1. The summed E-state index contributed by atoms with van der Waals surface area (Å²) in [4.78, 5) is 1.88. The molecule has 3 rings (SSSR count). The van der Waals surface area contributed by atoms with Crippen molar-refractivity contribution in [3.05, 3.63) is 70.9 Å². The van der Waals surface area contributed by atoms with E-state index in [4.69, 9.17) is 16.4 Å². The van der Waals surface area contributed by atoms with Crippen molar-refractivity contribution in [3.8, 4) is 27.6 Å². The van der Waals surface area contributed by atoms with Crippen LogP contribution in [0.2, 0.25) is 0 Å². The number of nitrogens with zero attached hydrogens (tertiary/aromatic N) is 1. The summed E-state index contributed by atoms with van der Waals surface area (Å²) < 4.78 is 14.0. The van der Waals surface area contributed by atoms with Gasteiger partial charge in [0.05, 0.1) is 5.56 Å². The molecule has 3 aromatic rings. The molecule has 0 aliphatic heterocycles. The van der Waals surface area contributed by atoms with Gasteiger partial charge in [0.1, 0.15) is 11.9 Å². The van der Waals surface area contributed by atoms with E-state index in [9.17, 15) is 4.39 Å². The third-order valence-electron chi connectivity index (χ3n) is 3.86. The van der Waals surface area contributed by atoms with Gasteiger partial charge in [-0.25, -0.2) is 4.39 Å². The number of anilines is 1. The molecule has 2 aromatic carbocycles. The maximum absolute atomic E-state index is 14.0. The molecule has 3 N–H and O–H groups in total. The fourth-order valence-electron chi connectivity index (χ4n) is 2.55. The molecule has 0 atom stereocenters. The predicted octanol–water partition coefficient (Wildman–Crippen LogP) is 5.32. The summed E-state index contributed by atoms with van der Waals surface area (Å²) in [6.45, 7) is 3.80. The highest BCUT2D eigenvalue weighted by Crippen LogP contribution is 2.40. The lowest BCUT2D eigenvalue weighted by atomic mass is 9.99. The number of rotatable bonds is 4. The van der Waals surface area contributed by atoms with Crippen LogP contribution >= 0.6 is 11.3 Å². The molecule has 5 heteroatoms. The molecule has 0 bridgehead atoms. The molecule has 122 valence electrons. The number of thiophene rings is 1. The Morgan fingerprint density at radius 3 is 2.56 bits per heavy atom. The van der Waals surface area contributed by atoms with Crippen LogP contribution in [-0.2, 0) is 0 Å². The molecule has 0 amide bonds. The molecule has 25 heavy (non-hydrogen) atoms. The molecule has 0 spiro atoms. The number of benzene rings is 2. The van der Waals surface area contributed by atoms with Gasteiger partial charge in [-0.05, 0) is 41.5 Å². The molecule has 0 aliphatic carbocycles. The van der Waals surface area contributed by atoms with Crippen LogP contribution < -0.4 is 5.73 Å². The number of nitrogens with two attached hydrogens (primary N) is 1. The Labute approximate surface area is 149 Å². The molecule has 1 heterocycles. The van der Waals surface area contributed by atoms with Crippen LogP contribution in [0.1, 0.15) is 16.0 Å². The first kappa shape index (κ1) is 16.6. The van der Waals surface area contributed by atoms with E-state index in [1.165, 1.54) is 29.7 Å². The van der Waals surface area contributed by atoms with E-state index in [1.807, 2.05) is 24.3 Å². The fourth-order valence-corrected chi connectivity index (χ4v) is 3.58. The van der Waals surface area contributed by atoms with E-state index in [-0.39, 0.29) is 5.56 Å². The number of nitrogen functional groups attached to an aromatic ring is 1. The van der Waals surface area contributed by atoms with Crippen LogP contribution in [0.3, 0.4) is 0 Å². The smallest absolute Gasteiger partial charge is 0.141 e. The Balaban J connectivity index is 2.21. The highest BCUT2D eigenvalue weighted by Gasteiger charge is 2.14. The summed E-state index contributed by atoms with van der Waals surface area (Å²) in [6, 6.07) is 13.8. The van der Waals surface area contributed by atoms with Crippen molar-refractivity contribution in [2.75, 3.05) is 5.73 Å². The van der Waals surface area contributed by atoms with Gasteiger partial charge >= 0.3 is 0 Å². The molecule has 0 radical (unpaired) electrons. The standard InChI is InChI=1S/C20H14FN3S/c1-2-16-9-17(12-3-4-14(10-22)18(21)8-12)20(25-16)13-5-6-19(24)15(7-13)11-23/h2-9,11,23H,1,24H2. The van der Waals surface area contributed by atoms with E-state index < -0.39 is 5.82 Å². The number of nitriles is 1. The van der Waals surface area contributed by atoms with E-state index in [1.54, 1.807) is 18.2 Å². The normalized spacial score (nSPS) is 10.2. The molecule has 1 aromatic heterocycles. The largest absolute Gasteiger partial charge is 0.398 e. The average Bonchev–Trinajstić information content (AvgIpc) is 3.06. The summed E-state index contributed by atoms with van der Waals surface area (Å²) in [5.41, 5.74) is 9.47. The zero-order valence-electron chi connectivity index (χ0n) is 13.2. The Morgan fingerprint density at radius 1 is 1.16 bits per heavy atom. The van der Waals surface area contributed by atoms with Crippen LogP contribution in [0, 0.1) is 22.6 Å². The molecule has 0 aliphatic rings. The van der Waals surface area contributed by atoms with Gasteiger partial charge in [0.15, 0.2) is 0 Å². The lowest BCUT2D eigenvalue weighted by molar-refractivity contribution is 0.624. The van der Waals surface area contributed by atoms with Crippen LogP contribution in [0.15, 0.2) is 49.0 Å². The third kappa shape index (κ3) is 3.08. The lowest BCUT2D eigenvalue weighted by Crippen LogP contribution is -1.93. The second-order valence-corrected chi connectivity index (χ2v) is 6.47. The predicted molar refractivity (Wildman–Crippen MR) is 102 cm³/mol. The summed E-state index contributed by atoms with van der Waals surface area (Å²) in [6.07, 6.45) is 2.95. The summed E-state index contributed by atoms with van der Waals surface area (Å²) in [7, 11) is 0. The van der Waals surface area contributed by atoms with Gasteiger partial charge in [-0.15, -0.1) is 11.3 Å². The number of hydrogen-bond acceptors (Lipinski definition) is 4. The van der Waals surface area contributed by atoms with Gasteiger partial charge in [0.25, 0.3) is 0 Å². The summed E-state index contributed by atoms with van der Waals surface area (Å²) >= 11 is 1.53. The van der Waals surface area contributed by atoms with Gasteiger partial charge in [-0.1, -0.05) is 24.8 Å². The van der Waals surface area contributed by atoms with E-state index in [0.717, 1.165) is 20.9 Å². The molecular weight excluding hydrogens is 333 g/mol. The van der Waals surface area contributed by atoms with Crippen molar-refractivity contribution >= 4 is 29.3 Å². The SMILES string of the molecule is C=Cc1cc(-c2ccc(C#N)c(F)c2)c(-c2ccc(N)c(C=N)c2)s1. The summed E-state index contributed by atoms with van der Waals surface area (Å²) in [5.74, 6) is -0.546. The third-order valence-corrected chi connectivity index (χ3v) is 5.04. The van der Waals surface area contributed by atoms with Crippen LogP contribution in [0.5, 0.6) is 0 Å². The molecular formula is C20H14FN3S. The minimum Gasteiger partial charge on any atom is -0.398 e. The Bertz CT molecular complexity index is 1030. The summed E-state index contributed by atoms with van der Waals surface area (Å²) in [5, 5.41) is 16.4. The maximum Gasteiger partial charge on any atom is 0.141 e. The minimum absolute atomic E-state index is 0.0167. The van der Waals surface area contributed by atoms with Crippen molar-refractivity contribution in [1.29, 1.82) is 10.7 Å². The van der Waals surface area contributed by atoms with E-state index in [2.05, 4.69) is 6.58 Å². The monoisotopic (exact) mass is 347 g/mol. The van der Waals surface area contributed by atoms with E-state index in [0.29, 0.717) is 16.8 Å². The van der Waals surface area contributed by atoms with Crippen molar-refractivity contribution in [3.63, 3.8) is 0 Å². The average molecular weight is 347 g/mol. The quantitative estimate of drug-likeness (QED) is 0.495. The first-order valence-corrected chi connectivity index (χ1v) is 8.25. The molecule has 3 nitrogen and oxygen atoms in total. The molecule has 0 unspecified atom stereocenters. The first-order valence-electron chi connectivity index (χ1n) is 7.44. The van der Waals surface area contributed by atoms with Crippen molar-refractivity contribution in [2.24, 2.45) is 0 Å². The number of nitrogens with one attached hydrogen (secondary N) is 1. The minimum atomic E-state index is -0.546. The zero-order chi connectivity index (χ0) is 18.0. The Morgan fingerprint density at radius 2 is 1.92 bits per heavy atom. The second kappa shape index (κ2) is 6.71. The van der Waals surface area contributed by atoms with Crippen molar-refractivity contribution in [1.82, 2.24) is 0 Å². The Hall–Kier alpha value is -3.23. The molecule has 0 saturated heterocycles. The zero-order valence-corrected chi connectivity index (χ0v) is 14.0. The number of hydrogen-bond donors (Lipinski definition) is 2. The highest BCUT2D eigenvalue weighted by atomic mass is 32.1. The second-order valence-electron chi connectivity index (χ2n) is 5.39. The lowest BCUT2D eigenvalue weighted by Gasteiger charge is -2.07. The molecule has 0 fully saturated rings. The van der Waals surface area contributed by atoms with E-state index >= 15 is 0 Å². The topological polar surface area (TPSA) is 73.7 Å². The van der Waals surface area contributed by atoms with Gasteiger partial charge < -0.3 is 11.1 Å². The van der Waals surface area contributed by atoms with Crippen LogP contribution in [-0.4, -0.2) is 6.21 Å². The van der Waals surface area contributed by atoms with Gasteiger partial charge in [-0.3, -0.25) is 0 Å². The Kier molecular flexibility index (Phi) is 4.46. The maximum atomic E-state index is 14.0. The van der Waals surface area contributed by atoms with Gasteiger partial charge in [0, 0.05) is 32.8 Å². The molecule has 0 saturated carbocycles. The fraction of sp³-hybridized carbons (Fsp3) is 0. The highest BCUT2D eigenvalue weighted by molar-refractivity contribution is 7.17. The van der Waals surface area contributed by atoms with Crippen LogP contribution in [0.4, 0.5) is 10.1 Å².